The van der Waals surface area contributed by atoms with Gasteiger partial charge in [0.05, 0.1) is 14.2 Å². The largest absolute Gasteiger partial charge is 0.493 e. The molecule has 1 rings (SSSR count). The maximum absolute atomic E-state index is 11.9. The Morgan fingerprint density at radius 1 is 1.19 bits per heavy atom. The molecular weight excluding hydrogens is 274 g/mol. The van der Waals surface area contributed by atoms with Gasteiger partial charge in [0.2, 0.25) is 5.91 Å². The lowest BCUT2D eigenvalue weighted by Crippen LogP contribution is -2.26. The number of para-hydroxylation sites is 1. The van der Waals surface area contributed by atoms with Crippen LogP contribution in [0.4, 0.5) is 0 Å². The van der Waals surface area contributed by atoms with Crippen LogP contribution in [0, 0.1) is 0 Å². The van der Waals surface area contributed by atoms with Crippen molar-refractivity contribution in [1.82, 2.24) is 4.90 Å². The highest BCUT2D eigenvalue weighted by atomic mass is 16.5. The third kappa shape index (κ3) is 4.98. The molecule has 0 saturated heterocycles. The number of ether oxygens (including phenoxy) is 2. The minimum absolute atomic E-state index is 0.00204. The summed E-state index contributed by atoms with van der Waals surface area (Å²) in [5, 5.41) is 8.57. The number of carboxylic acids is 1. The molecule has 0 aromatic heterocycles. The number of hydrogen-bond donors (Lipinski definition) is 1. The second kappa shape index (κ2) is 8.14. The van der Waals surface area contributed by atoms with Crippen LogP contribution >= 0.6 is 0 Å². The second-order valence-electron chi connectivity index (χ2n) is 4.65. The van der Waals surface area contributed by atoms with E-state index < -0.39 is 5.97 Å². The molecule has 21 heavy (non-hydrogen) atoms. The fourth-order valence-electron chi connectivity index (χ4n) is 2.00. The van der Waals surface area contributed by atoms with Gasteiger partial charge in [-0.1, -0.05) is 12.1 Å². The Morgan fingerprint density at radius 2 is 1.90 bits per heavy atom. The zero-order valence-electron chi connectivity index (χ0n) is 12.6. The van der Waals surface area contributed by atoms with Crippen molar-refractivity contribution in [3.05, 3.63) is 23.8 Å². The molecule has 0 radical (unpaired) electrons. The molecule has 0 aliphatic carbocycles. The summed E-state index contributed by atoms with van der Waals surface area (Å²) in [4.78, 5) is 23.9. The van der Waals surface area contributed by atoms with Crippen LogP contribution in [0.5, 0.6) is 11.5 Å². The zero-order valence-corrected chi connectivity index (χ0v) is 12.6. The fraction of sp³-hybridized carbons (Fsp3) is 0.467. The fourth-order valence-corrected chi connectivity index (χ4v) is 2.00. The Bertz CT molecular complexity index is 501. The monoisotopic (exact) mass is 295 g/mol. The Hall–Kier alpha value is -2.24. The molecular formula is C15H21NO5. The number of benzene rings is 1. The van der Waals surface area contributed by atoms with Gasteiger partial charge in [-0.05, 0) is 12.5 Å². The summed E-state index contributed by atoms with van der Waals surface area (Å²) in [7, 11) is 4.79. The quantitative estimate of drug-likeness (QED) is 0.793. The molecule has 0 bridgehead atoms. The third-order valence-electron chi connectivity index (χ3n) is 3.10. The van der Waals surface area contributed by atoms with E-state index in [1.54, 1.807) is 32.2 Å². The van der Waals surface area contributed by atoms with Gasteiger partial charge in [-0.3, -0.25) is 9.59 Å². The lowest BCUT2D eigenvalue weighted by atomic mass is 10.1. The minimum Gasteiger partial charge on any atom is -0.493 e. The van der Waals surface area contributed by atoms with Gasteiger partial charge in [-0.15, -0.1) is 0 Å². The van der Waals surface area contributed by atoms with Crippen LogP contribution in [-0.2, 0) is 16.1 Å². The highest BCUT2D eigenvalue weighted by molar-refractivity contribution is 5.76. The Morgan fingerprint density at radius 3 is 2.48 bits per heavy atom. The molecule has 0 spiro atoms. The maximum Gasteiger partial charge on any atom is 0.303 e. The molecule has 0 heterocycles. The molecule has 0 fully saturated rings. The van der Waals surface area contributed by atoms with E-state index in [4.69, 9.17) is 14.6 Å². The Labute approximate surface area is 124 Å². The molecule has 0 aliphatic rings. The van der Waals surface area contributed by atoms with E-state index in [9.17, 15) is 9.59 Å². The van der Waals surface area contributed by atoms with E-state index in [-0.39, 0.29) is 18.7 Å². The van der Waals surface area contributed by atoms with Crippen LogP contribution in [0.1, 0.15) is 24.8 Å². The van der Waals surface area contributed by atoms with Gasteiger partial charge in [0.25, 0.3) is 0 Å². The van der Waals surface area contributed by atoms with E-state index in [1.807, 2.05) is 12.1 Å². The van der Waals surface area contributed by atoms with Crippen molar-refractivity contribution >= 4 is 11.9 Å². The summed E-state index contributed by atoms with van der Waals surface area (Å²) >= 11 is 0. The highest BCUT2D eigenvalue weighted by Gasteiger charge is 2.15. The van der Waals surface area contributed by atoms with Crippen molar-refractivity contribution in [3.8, 4) is 11.5 Å². The summed E-state index contributed by atoms with van der Waals surface area (Å²) in [5.74, 6) is 0.230. The number of amides is 1. The van der Waals surface area contributed by atoms with Gasteiger partial charge in [-0.25, -0.2) is 0 Å². The van der Waals surface area contributed by atoms with Crippen molar-refractivity contribution in [2.75, 3.05) is 21.3 Å². The summed E-state index contributed by atoms with van der Waals surface area (Å²) < 4.78 is 10.5. The van der Waals surface area contributed by atoms with E-state index >= 15 is 0 Å². The number of carbonyl (C=O) groups excluding carboxylic acids is 1. The van der Waals surface area contributed by atoms with Gasteiger partial charge in [0.1, 0.15) is 0 Å². The summed E-state index contributed by atoms with van der Waals surface area (Å²) in [6.07, 6.45) is 0.560. The SMILES string of the molecule is COc1cccc(CN(C)C(=O)CCCC(=O)O)c1OC. The van der Waals surface area contributed by atoms with E-state index in [2.05, 4.69) is 0 Å². The number of nitrogens with zero attached hydrogens (tertiary/aromatic N) is 1. The minimum atomic E-state index is -0.889. The predicted molar refractivity (Wildman–Crippen MR) is 77.5 cm³/mol. The molecule has 1 aromatic rings. The van der Waals surface area contributed by atoms with Crippen molar-refractivity contribution in [1.29, 1.82) is 0 Å². The average molecular weight is 295 g/mol. The van der Waals surface area contributed by atoms with Crippen LogP contribution < -0.4 is 9.47 Å². The maximum atomic E-state index is 11.9. The molecule has 1 N–H and O–H groups in total. The molecule has 1 aromatic carbocycles. The third-order valence-corrected chi connectivity index (χ3v) is 3.10. The number of rotatable bonds is 8. The molecule has 0 saturated carbocycles. The van der Waals surface area contributed by atoms with Crippen LogP contribution in [0.2, 0.25) is 0 Å². The first-order valence-corrected chi connectivity index (χ1v) is 6.65. The van der Waals surface area contributed by atoms with E-state index in [0.717, 1.165) is 5.56 Å². The highest BCUT2D eigenvalue weighted by Crippen LogP contribution is 2.31. The number of carbonyl (C=O) groups is 2. The Balaban J connectivity index is 2.67. The summed E-state index contributed by atoms with van der Waals surface area (Å²) in [6, 6.07) is 5.48. The van der Waals surface area contributed by atoms with Gasteiger partial charge >= 0.3 is 5.97 Å². The predicted octanol–water partition coefficient (Wildman–Crippen LogP) is 1.92. The normalized spacial score (nSPS) is 10.0. The molecule has 0 unspecified atom stereocenters. The summed E-state index contributed by atoms with van der Waals surface area (Å²) in [5.41, 5.74) is 0.839. The number of methoxy groups -OCH3 is 2. The van der Waals surface area contributed by atoms with Crippen LogP contribution in [-0.4, -0.2) is 43.2 Å². The molecule has 0 aliphatic heterocycles. The molecule has 6 nitrogen and oxygen atoms in total. The Kier molecular flexibility index (Phi) is 6.52. The van der Waals surface area contributed by atoms with Crippen molar-refractivity contribution < 1.29 is 24.2 Å². The molecule has 116 valence electrons. The van der Waals surface area contributed by atoms with Crippen molar-refractivity contribution in [3.63, 3.8) is 0 Å². The topological polar surface area (TPSA) is 76.1 Å². The first kappa shape index (κ1) is 16.8. The smallest absolute Gasteiger partial charge is 0.303 e. The van der Waals surface area contributed by atoms with Crippen LogP contribution in [0.15, 0.2) is 18.2 Å². The van der Waals surface area contributed by atoms with Gasteiger partial charge in [0.15, 0.2) is 11.5 Å². The van der Waals surface area contributed by atoms with E-state index in [1.165, 1.54) is 0 Å². The van der Waals surface area contributed by atoms with E-state index in [0.29, 0.717) is 24.5 Å². The number of hydrogen-bond acceptors (Lipinski definition) is 4. The molecule has 0 atom stereocenters. The first-order chi connectivity index (χ1) is 9.99. The standard InChI is InChI=1S/C15H21NO5/c1-16(13(17)8-5-9-14(18)19)10-11-6-4-7-12(20-2)15(11)21-3/h4,6-7H,5,8-10H2,1-3H3,(H,18,19). The van der Waals surface area contributed by atoms with Gasteiger partial charge in [-0.2, -0.15) is 0 Å². The lowest BCUT2D eigenvalue weighted by molar-refractivity contribution is -0.137. The first-order valence-electron chi connectivity index (χ1n) is 6.65. The van der Waals surface area contributed by atoms with Crippen molar-refractivity contribution in [2.24, 2.45) is 0 Å². The van der Waals surface area contributed by atoms with Gasteiger partial charge < -0.3 is 19.5 Å². The number of carboxylic acid groups (broad SMARTS) is 1. The van der Waals surface area contributed by atoms with Crippen LogP contribution in [0.3, 0.4) is 0 Å². The second-order valence-corrected chi connectivity index (χ2v) is 4.65. The van der Waals surface area contributed by atoms with Gasteiger partial charge in [0, 0.05) is 32.0 Å². The number of aliphatic carboxylic acids is 1. The van der Waals surface area contributed by atoms with Crippen LogP contribution in [0.25, 0.3) is 0 Å². The average Bonchev–Trinajstić information content (AvgIpc) is 2.46. The summed E-state index contributed by atoms with van der Waals surface area (Å²) in [6.45, 7) is 0.381. The lowest BCUT2D eigenvalue weighted by Gasteiger charge is -2.19. The molecule has 1 amide bonds. The molecule has 6 heteroatoms. The zero-order chi connectivity index (χ0) is 15.8. The van der Waals surface area contributed by atoms with Crippen molar-refractivity contribution in [2.45, 2.75) is 25.8 Å².